The van der Waals surface area contributed by atoms with E-state index in [4.69, 9.17) is 4.74 Å². The van der Waals surface area contributed by atoms with Crippen LogP contribution in [0.15, 0.2) is 12.2 Å². The molecule has 0 aliphatic carbocycles. The minimum Gasteiger partial charge on any atom is -0.373 e. The third kappa shape index (κ3) is 3.78. The van der Waals surface area contributed by atoms with E-state index >= 15 is 0 Å². The molecule has 0 unspecified atom stereocenters. The average Bonchev–Trinajstić information content (AvgIpc) is 2.24. The minimum absolute atomic E-state index is 0.0629. The summed E-state index contributed by atoms with van der Waals surface area (Å²) in [6.07, 6.45) is -0.126. The zero-order chi connectivity index (χ0) is 13.9. The molecular weight excluding hydrogens is 252 g/mol. The van der Waals surface area contributed by atoms with E-state index in [1.807, 2.05) is 27.7 Å². The van der Waals surface area contributed by atoms with Gasteiger partial charge in [-0.05, 0) is 20.8 Å². The Morgan fingerprint density at radius 2 is 1.89 bits per heavy atom. The number of hydrogen-bond donors (Lipinski definition) is 0. The summed E-state index contributed by atoms with van der Waals surface area (Å²) in [6, 6.07) is 0. The van der Waals surface area contributed by atoms with E-state index in [9.17, 15) is 8.42 Å². The first-order valence-corrected chi connectivity index (χ1v) is 7.72. The smallest absolute Gasteiger partial charge is 0.282 e. The largest absolute Gasteiger partial charge is 0.373 e. The summed E-state index contributed by atoms with van der Waals surface area (Å²) >= 11 is 0. The van der Waals surface area contributed by atoms with Gasteiger partial charge in [0, 0.05) is 26.2 Å². The Morgan fingerprint density at radius 3 is 2.28 bits per heavy atom. The van der Waals surface area contributed by atoms with Crippen LogP contribution < -0.4 is 0 Å². The topological polar surface area (TPSA) is 49.9 Å². The lowest BCUT2D eigenvalue weighted by Gasteiger charge is -2.37. The number of ether oxygens (including phenoxy) is 1. The molecule has 0 saturated carbocycles. The van der Waals surface area contributed by atoms with Crippen molar-refractivity contribution in [1.29, 1.82) is 0 Å². The minimum atomic E-state index is -3.41. The van der Waals surface area contributed by atoms with E-state index in [1.165, 1.54) is 8.61 Å². The van der Waals surface area contributed by atoms with Crippen molar-refractivity contribution in [2.75, 3.05) is 26.2 Å². The number of nitrogens with zero attached hydrogens (tertiary/aromatic N) is 2. The molecule has 0 N–H and O–H groups in total. The van der Waals surface area contributed by atoms with Gasteiger partial charge >= 0.3 is 0 Å². The molecule has 0 aromatic heterocycles. The van der Waals surface area contributed by atoms with E-state index in [0.29, 0.717) is 26.2 Å². The van der Waals surface area contributed by atoms with Gasteiger partial charge in [-0.15, -0.1) is 0 Å². The highest BCUT2D eigenvalue weighted by atomic mass is 32.2. The normalized spacial score (nSPS) is 26.5. The van der Waals surface area contributed by atoms with Gasteiger partial charge in [-0.2, -0.15) is 17.0 Å². The summed E-state index contributed by atoms with van der Waals surface area (Å²) in [4.78, 5) is 0. The lowest BCUT2D eigenvalue weighted by molar-refractivity contribution is -0.0453. The van der Waals surface area contributed by atoms with Crippen LogP contribution in [0.2, 0.25) is 0 Å². The number of likely N-dealkylation sites (N-methyl/N-ethyl adjacent to an activating group) is 1. The van der Waals surface area contributed by atoms with Crippen molar-refractivity contribution < 1.29 is 13.2 Å². The predicted octanol–water partition coefficient (Wildman–Crippen LogP) is 1.24. The second kappa shape index (κ2) is 6.14. The third-order valence-electron chi connectivity index (χ3n) is 2.84. The molecule has 106 valence electrons. The maximum absolute atomic E-state index is 12.5. The average molecular weight is 276 g/mol. The summed E-state index contributed by atoms with van der Waals surface area (Å²) in [5, 5.41) is 0. The van der Waals surface area contributed by atoms with Gasteiger partial charge in [0.1, 0.15) is 0 Å². The van der Waals surface area contributed by atoms with Crippen LogP contribution in [0.3, 0.4) is 0 Å². The van der Waals surface area contributed by atoms with Crippen molar-refractivity contribution in [3.05, 3.63) is 12.2 Å². The molecule has 1 aliphatic rings. The first kappa shape index (κ1) is 15.6. The summed E-state index contributed by atoms with van der Waals surface area (Å²) in [6.45, 7) is 12.9. The fourth-order valence-electron chi connectivity index (χ4n) is 2.14. The fraction of sp³-hybridized carbons (Fsp3) is 0.833. The molecule has 1 rings (SSSR count). The number of morpholine rings is 1. The van der Waals surface area contributed by atoms with Gasteiger partial charge in [0.15, 0.2) is 0 Å². The highest BCUT2D eigenvalue weighted by Crippen LogP contribution is 2.17. The first-order valence-electron chi connectivity index (χ1n) is 6.32. The molecule has 2 atom stereocenters. The highest BCUT2D eigenvalue weighted by Gasteiger charge is 2.34. The Kier molecular flexibility index (Phi) is 5.33. The Hall–Kier alpha value is -0.430. The first-order chi connectivity index (χ1) is 8.27. The van der Waals surface area contributed by atoms with Gasteiger partial charge in [0.05, 0.1) is 12.2 Å². The molecule has 0 spiro atoms. The molecule has 0 aromatic carbocycles. The van der Waals surface area contributed by atoms with Gasteiger partial charge in [-0.25, -0.2) is 0 Å². The van der Waals surface area contributed by atoms with Gasteiger partial charge in [-0.3, -0.25) is 0 Å². The van der Waals surface area contributed by atoms with Crippen molar-refractivity contribution in [2.45, 2.75) is 39.9 Å². The van der Waals surface area contributed by atoms with Crippen molar-refractivity contribution in [3.63, 3.8) is 0 Å². The van der Waals surface area contributed by atoms with Gasteiger partial charge < -0.3 is 4.74 Å². The summed E-state index contributed by atoms with van der Waals surface area (Å²) < 4.78 is 33.5. The number of hydrogen-bond acceptors (Lipinski definition) is 3. The molecule has 1 fully saturated rings. The Labute approximate surface area is 111 Å². The van der Waals surface area contributed by atoms with Crippen LogP contribution in [-0.2, 0) is 14.9 Å². The molecule has 1 aliphatic heterocycles. The number of rotatable bonds is 5. The van der Waals surface area contributed by atoms with E-state index < -0.39 is 10.2 Å². The predicted molar refractivity (Wildman–Crippen MR) is 72.6 cm³/mol. The quantitative estimate of drug-likeness (QED) is 0.710. The molecule has 0 bridgehead atoms. The molecular formula is C12H24N2O3S. The van der Waals surface area contributed by atoms with E-state index in [1.54, 1.807) is 0 Å². The molecule has 18 heavy (non-hydrogen) atoms. The zero-order valence-corrected chi connectivity index (χ0v) is 12.5. The Bertz CT molecular complexity index is 384. The molecule has 0 radical (unpaired) electrons. The monoisotopic (exact) mass is 276 g/mol. The van der Waals surface area contributed by atoms with Crippen LogP contribution in [0.1, 0.15) is 27.7 Å². The third-order valence-corrected chi connectivity index (χ3v) is 4.83. The lowest BCUT2D eigenvalue weighted by atomic mass is 10.3. The molecule has 1 heterocycles. The highest BCUT2D eigenvalue weighted by molar-refractivity contribution is 7.86. The maximum Gasteiger partial charge on any atom is 0.282 e. The Morgan fingerprint density at radius 1 is 1.39 bits per heavy atom. The molecule has 0 amide bonds. The van der Waals surface area contributed by atoms with Crippen molar-refractivity contribution in [1.82, 2.24) is 8.61 Å². The van der Waals surface area contributed by atoms with E-state index in [0.717, 1.165) is 5.57 Å². The van der Waals surface area contributed by atoms with Gasteiger partial charge in [0.25, 0.3) is 10.2 Å². The summed E-state index contributed by atoms with van der Waals surface area (Å²) in [5.74, 6) is 0. The van der Waals surface area contributed by atoms with E-state index in [-0.39, 0.29) is 12.2 Å². The lowest BCUT2D eigenvalue weighted by Crippen LogP contribution is -2.53. The van der Waals surface area contributed by atoms with Crippen LogP contribution in [-0.4, -0.2) is 55.4 Å². The SMILES string of the molecule is C=C(C)CN(CC)S(=O)(=O)N1C[C@@H](C)O[C@@H](C)C1. The Balaban J connectivity index is 2.86. The second-order valence-electron chi connectivity index (χ2n) is 4.97. The van der Waals surface area contributed by atoms with Crippen LogP contribution >= 0.6 is 0 Å². The van der Waals surface area contributed by atoms with Crippen LogP contribution in [0.5, 0.6) is 0 Å². The molecule has 6 heteroatoms. The second-order valence-corrected chi connectivity index (χ2v) is 6.89. The van der Waals surface area contributed by atoms with Crippen molar-refractivity contribution in [3.8, 4) is 0 Å². The van der Waals surface area contributed by atoms with Crippen LogP contribution in [0.4, 0.5) is 0 Å². The van der Waals surface area contributed by atoms with E-state index in [2.05, 4.69) is 6.58 Å². The molecule has 1 saturated heterocycles. The summed E-state index contributed by atoms with van der Waals surface area (Å²) in [7, 11) is -3.41. The fourth-order valence-corrected chi connectivity index (χ4v) is 3.97. The molecule has 0 aromatic rings. The maximum atomic E-state index is 12.5. The van der Waals surface area contributed by atoms with Crippen molar-refractivity contribution >= 4 is 10.2 Å². The zero-order valence-electron chi connectivity index (χ0n) is 11.7. The standard InChI is InChI=1S/C12H24N2O3S/c1-6-13(7-10(2)3)18(15,16)14-8-11(4)17-12(5)9-14/h11-12H,2,6-9H2,1,3-5H3/t11-,12+. The summed E-state index contributed by atoms with van der Waals surface area (Å²) in [5.41, 5.74) is 0.842. The van der Waals surface area contributed by atoms with Gasteiger partial charge in [0.2, 0.25) is 0 Å². The molecule has 5 nitrogen and oxygen atoms in total. The van der Waals surface area contributed by atoms with Crippen molar-refractivity contribution in [2.24, 2.45) is 0 Å². The van der Waals surface area contributed by atoms with Crippen LogP contribution in [0, 0.1) is 0 Å². The van der Waals surface area contributed by atoms with Crippen LogP contribution in [0.25, 0.3) is 0 Å². The van der Waals surface area contributed by atoms with Gasteiger partial charge in [-0.1, -0.05) is 19.1 Å².